The minimum absolute atomic E-state index is 0. The number of carboxylic acid groups (broad SMARTS) is 1. The van der Waals surface area contributed by atoms with Crippen molar-refractivity contribution in [1.82, 2.24) is 4.90 Å². The molecule has 0 heterocycles. The minimum Gasteiger partial charge on any atom is -0.480 e. The van der Waals surface area contributed by atoms with Crippen molar-refractivity contribution in [3.8, 4) is 0 Å². The number of carboxylic acids is 1. The van der Waals surface area contributed by atoms with Gasteiger partial charge in [-0.1, -0.05) is 12.1 Å². The molecule has 1 aromatic rings. The lowest BCUT2D eigenvalue weighted by atomic mass is 10.3. The average Bonchev–Trinajstić information content (AvgIpc) is 2.30. The summed E-state index contributed by atoms with van der Waals surface area (Å²) in [4.78, 5) is 23.7. The van der Waals surface area contributed by atoms with Crippen molar-refractivity contribution in [2.24, 2.45) is 0 Å². The molecule has 106 valence electrons. The predicted molar refractivity (Wildman–Crippen MR) is 72.0 cm³/mol. The van der Waals surface area contributed by atoms with Gasteiger partial charge in [-0.25, -0.2) is 4.39 Å². The number of hydrogen-bond acceptors (Lipinski definition) is 3. The number of hydrogen-bond donors (Lipinski definition) is 2. The lowest BCUT2D eigenvalue weighted by Gasteiger charge is -2.20. The molecule has 7 heteroatoms. The van der Waals surface area contributed by atoms with Gasteiger partial charge in [0.1, 0.15) is 11.9 Å². The van der Waals surface area contributed by atoms with E-state index in [9.17, 15) is 14.0 Å². The highest BCUT2D eigenvalue weighted by Crippen LogP contribution is 2.12. The molecular weight excluding hydrogens is 275 g/mol. The number of likely N-dealkylation sites (N-methyl/N-ethyl adjacent to an activating group) is 1. The smallest absolute Gasteiger partial charge is 0.320 e. The molecule has 0 saturated heterocycles. The average molecular weight is 291 g/mol. The quantitative estimate of drug-likeness (QED) is 0.864. The minimum atomic E-state index is -1.02. The van der Waals surface area contributed by atoms with E-state index in [4.69, 9.17) is 5.11 Å². The summed E-state index contributed by atoms with van der Waals surface area (Å²) >= 11 is 0. The van der Waals surface area contributed by atoms with E-state index in [1.165, 1.54) is 37.1 Å². The zero-order valence-corrected chi connectivity index (χ0v) is 11.4. The number of rotatable bonds is 5. The third-order valence-corrected chi connectivity index (χ3v) is 2.56. The Kier molecular flexibility index (Phi) is 7.03. The second-order valence-corrected chi connectivity index (χ2v) is 3.96. The lowest BCUT2D eigenvalue weighted by Crippen LogP contribution is -2.40. The van der Waals surface area contributed by atoms with Crippen molar-refractivity contribution in [2.75, 3.05) is 18.9 Å². The maximum atomic E-state index is 13.3. The van der Waals surface area contributed by atoms with Gasteiger partial charge in [-0.05, 0) is 26.1 Å². The number of nitrogens with one attached hydrogen (secondary N) is 1. The number of benzene rings is 1. The van der Waals surface area contributed by atoms with Crippen molar-refractivity contribution < 1.29 is 19.1 Å². The molecule has 0 aliphatic carbocycles. The molecule has 0 aromatic heterocycles. The van der Waals surface area contributed by atoms with Gasteiger partial charge in [-0.15, -0.1) is 12.4 Å². The summed E-state index contributed by atoms with van der Waals surface area (Å²) in [7, 11) is 1.51. The van der Waals surface area contributed by atoms with Crippen molar-refractivity contribution in [2.45, 2.75) is 13.0 Å². The maximum absolute atomic E-state index is 13.3. The molecule has 0 bridgehead atoms. The Bertz CT molecular complexity index is 456. The van der Waals surface area contributed by atoms with Crippen LogP contribution in [0.15, 0.2) is 24.3 Å². The predicted octanol–water partition coefficient (Wildman–Crippen LogP) is 1.59. The first-order valence-corrected chi connectivity index (χ1v) is 5.39. The Hall–Kier alpha value is -1.66. The van der Waals surface area contributed by atoms with Crippen molar-refractivity contribution in [3.05, 3.63) is 30.1 Å². The summed E-state index contributed by atoms with van der Waals surface area (Å²) in [6.07, 6.45) is 0. The molecule has 0 fully saturated rings. The molecule has 5 nitrogen and oxygen atoms in total. The second kappa shape index (κ2) is 7.70. The van der Waals surface area contributed by atoms with E-state index >= 15 is 0 Å². The number of aliphatic carboxylic acids is 1. The van der Waals surface area contributed by atoms with E-state index in [-0.39, 0.29) is 24.6 Å². The molecule has 19 heavy (non-hydrogen) atoms. The van der Waals surface area contributed by atoms with Gasteiger partial charge < -0.3 is 10.4 Å². The first-order valence-electron chi connectivity index (χ1n) is 5.39. The van der Waals surface area contributed by atoms with E-state index in [2.05, 4.69) is 5.32 Å². The normalized spacial score (nSPS) is 11.6. The van der Waals surface area contributed by atoms with E-state index < -0.39 is 23.7 Å². The van der Waals surface area contributed by atoms with Gasteiger partial charge in [0, 0.05) is 0 Å². The molecule has 0 aliphatic heterocycles. The summed E-state index contributed by atoms with van der Waals surface area (Å²) in [6, 6.07) is 5.01. The van der Waals surface area contributed by atoms with Gasteiger partial charge in [0.15, 0.2) is 0 Å². The molecule has 0 saturated carbocycles. The van der Waals surface area contributed by atoms with E-state index in [1.807, 2.05) is 0 Å². The van der Waals surface area contributed by atoms with Crippen molar-refractivity contribution >= 4 is 30.0 Å². The molecule has 1 amide bonds. The standard InChI is InChI=1S/C12H15FN2O3.ClH/c1-8(12(17)18)15(2)7-11(16)14-10-6-4-3-5-9(10)13;/h3-6,8H,7H2,1-2H3,(H,14,16)(H,17,18);1H. The largest absolute Gasteiger partial charge is 0.480 e. The number of nitrogens with zero attached hydrogens (tertiary/aromatic N) is 1. The summed E-state index contributed by atoms with van der Waals surface area (Å²) in [5.74, 6) is -2.01. The van der Waals surface area contributed by atoms with Gasteiger partial charge in [0.25, 0.3) is 0 Å². The Morgan fingerprint density at radius 3 is 2.53 bits per heavy atom. The van der Waals surface area contributed by atoms with Gasteiger partial charge >= 0.3 is 5.97 Å². The molecule has 1 aromatic carbocycles. The molecule has 0 spiro atoms. The summed E-state index contributed by atoms with van der Waals surface area (Å²) in [6.45, 7) is 1.35. The van der Waals surface area contributed by atoms with E-state index in [0.29, 0.717) is 0 Å². The number of carbonyl (C=O) groups is 2. The van der Waals surface area contributed by atoms with Crippen LogP contribution in [0.3, 0.4) is 0 Å². The van der Waals surface area contributed by atoms with Crippen LogP contribution in [0.25, 0.3) is 0 Å². The fraction of sp³-hybridized carbons (Fsp3) is 0.333. The van der Waals surface area contributed by atoms with Crippen LogP contribution in [0, 0.1) is 5.82 Å². The summed E-state index contributed by atoms with van der Waals surface area (Å²) in [5.41, 5.74) is 0.0823. The van der Waals surface area contributed by atoms with Crippen LogP contribution in [-0.4, -0.2) is 41.5 Å². The van der Waals surface area contributed by atoms with Crippen LogP contribution in [0.1, 0.15) is 6.92 Å². The van der Waals surface area contributed by atoms with Crippen LogP contribution in [0.4, 0.5) is 10.1 Å². The number of halogens is 2. The number of amides is 1. The number of carbonyl (C=O) groups excluding carboxylic acids is 1. The van der Waals surface area contributed by atoms with Gasteiger partial charge in [-0.2, -0.15) is 0 Å². The monoisotopic (exact) mass is 290 g/mol. The molecule has 2 N–H and O–H groups in total. The maximum Gasteiger partial charge on any atom is 0.320 e. The Morgan fingerprint density at radius 2 is 2.00 bits per heavy atom. The summed E-state index contributed by atoms with van der Waals surface area (Å²) in [5, 5.41) is 11.2. The van der Waals surface area contributed by atoms with Gasteiger partial charge in [0.2, 0.25) is 5.91 Å². The highest BCUT2D eigenvalue weighted by Gasteiger charge is 2.19. The van der Waals surface area contributed by atoms with Crippen molar-refractivity contribution in [3.63, 3.8) is 0 Å². The fourth-order valence-electron chi connectivity index (χ4n) is 1.30. The van der Waals surface area contributed by atoms with Crippen molar-refractivity contribution in [1.29, 1.82) is 0 Å². The zero-order valence-electron chi connectivity index (χ0n) is 10.6. The van der Waals surface area contributed by atoms with Crippen LogP contribution < -0.4 is 5.32 Å². The van der Waals surface area contributed by atoms with E-state index in [0.717, 1.165) is 0 Å². The zero-order chi connectivity index (χ0) is 13.7. The molecule has 1 atom stereocenters. The first-order chi connectivity index (χ1) is 8.41. The summed E-state index contributed by atoms with van der Waals surface area (Å²) < 4.78 is 13.3. The molecule has 1 rings (SSSR count). The molecule has 0 radical (unpaired) electrons. The molecule has 0 aliphatic rings. The topological polar surface area (TPSA) is 69.6 Å². The second-order valence-electron chi connectivity index (χ2n) is 3.96. The Balaban J connectivity index is 0.00000324. The first kappa shape index (κ1) is 17.3. The highest BCUT2D eigenvalue weighted by atomic mass is 35.5. The lowest BCUT2D eigenvalue weighted by molar-refractivity contribution is -0.142. The molecular formula is C12H16ClFN2O3. The van der Waals surface area contributed by atoms with Crippen LogP contribution >= 0.6 is 12.4 Å². The number of para-hydroxylation sites is 1. The van der Waals surface area contributed by atoms with Crippen LogP contribution in [0.2, 0.25) is 0 Å². The number of anilines is 1. The fourth-order valence-corrected chi connectivity index (χ4v) is 1.30. The highest BCUT2D eigenvalue weighted by molar-refractivity contribution is 5.92. The van der Waals surface area contributed by atoms with Crippen LogP contribution in [0.5, 0.6) is 0 Å². The Morgan fingerprint density at radius 1 is 1.42 bits per heavy atom. The SMILES string of the molecule is CC(C(=O)O)N(C)CC(=O)Nc1ccccc1F.Cl. The van der Waals surface area contributed by atoms with Crippen LogP contribution in [-0.2, 0) is 9.59 Å². The van der Waals surface area contributed by atoms with Gasteiger partial charge in [-0.3, -0.25) is 14.5 Å². The third kappa shape index (κ3) is 5.23. The third-order valence-electron chi connectivity index (χ3n) is 2.56. The van der Waals surface area contributed by atoms with E-state index in [1.54, 1.807) is 6.07 Å². The molecule has 1 unspecified atom stereocenters. The Labute approximate surface area is 116 Å². The van der Waals surface area contributed by atoms with Gasteiger partial charge in [0.05, 0.1) is 12.2 Å².